The molecule has 4 heteroatoms. The summed E-state index contributed by atoms with van der Waals surface area (Å²) in [6.45, 7) is 13.1. The van der Waals surface area contributed by atoms with Crippen LogP contribution >= 0.6 is 0 Å². The Balaban J connectivity index is 3.94. The minimum absolute atomic E-state index is 0.784. The van der Waals surface area contributed by atoms with E-state index in [2.05, 4.69) is 23.6 Å². The normalized spacial score (nSPS) is 11.7. The Labute approximate surface area is 114 Å². The maximum absolute atomic E-state index is 5.60. The van der Waals surface area contributed by atoms with E-state index in [4.69, 9.17) is 11.5 Å². The molecule has 0 saturated carbocycles. The predicted octanol–water partition coefficient (Wildman–Crippen LogP) is 1.11. The van der Waals surface area contributed by atoms with Crippen LogP contribution in [-0.4, -0.2) is 62.2 Å². The standard InChI is InChI=1S/C14H34N4/c1-3-9-17(10-4-2)13-14-18(11-5-7-15)12-6-8-16/h3-16H2,1-2H3. The van der Waals surface area contributed by atoms with Crippen LogP contribution in [0.4, 0.5) is 0 Å². The summed E-state index contributed by atoms with van der Waals surface area (Å²) in [6, 6.07) is 0. The summed E-state index contributed by atoms with van der Waals surface area (Å²) in [5.74, 6) is 0. The van der Waals surface area contributed by atoms with Crippen molar-refractivity contribution in [2.45, 2.75) is 39.5 Å². The Hall–Kier alpha value is -0.160. The lowest BCUT2D eigenvalue weighted by Gasteiger charge is -2.27. The van der Waals surface area contributed by atoms with Gasteiger partial charge in [-0.15, -0.1) is 0 Å². The van der Waals surface area contributed by atoms with E-state index < -0.39 is 0 Å². The second-order valence-corrected chi connectivity index (χ2v) is 4.97. The molecular formula is C14H34N4. The molecule has 0 aliphatic rings. The predicted molar refractivity (Wildman–Crippen MR) is 80.8 cm³/mol. The molecule has 18 heavy (non-hydrogen) atoms. The zero-order chi connectivity index (χ0) is 13.6. The Kier molecular flexibility index (Phi) is 13.2. The highest BCUT2D eigenvalue weighted by atomic mass is 15.2. The molecule has 0 radical (unpaired) electrons. The van der Waals surface area contributed by atoms with E-state index in [1.165, 1.54) is 32.5 Å². The highest BCUT2D eigenvalue weighted by Gasteiger charge is 2.07. The summed E-state index contributed by atoms with van der Waals surface area (Å²) >= 11 is 0. The third-order valence-electron chi connectivity index (χ3n) is 3.17. The van der Waals surface area contributed by atoms with Gasteiger partial charge >= 0.3 is 0 Å². The fraction of sp³-hybridized carbons (Fsp3) is 1.00. The maximum atomic E-state index is 5.60. The molecule has 0 amide bonds. The molecule has 0 rings (SSSR count). The Morgan fingerprint density at radius 3 is 1.33 bits per heavy atom. The van der Waals surface area contributed by atoms with Crippen molar-refractivity contribution in [3.8, 4) is 0 Å². The molecule has 4 nitrogen and oxygen atoms in total. The summed E-state index contributed by atoms with van der Waals surface area (Å²) in [4.78, 5) is 5.08. The number of hydrogen-bond acceptors (Lipinski definition) is 4. The number of nitrogens with zero attached hydrogens (tertiary/aromatic N) is 2. The summed E-state index contributed by atoms with van der Waals surface area (Å²) < 4.78 is 0. The third kappa shape index (κ3) is 9.83. The first-order valence-electron chi connectivity index (χ1n) is 7.63. The molecule has 0 heterocycles. The Bertz CT molecular complexity index is 150. The van der Waals surface area contributed by atoms with E-state index in [9.17, 15) is 0 Å². The average molecular weight is 258 g/mol. The fourth-order valence-corrected chi connectivity index (χ4v) is 2.22. The van der Waals surface area contributed by atoms with Gasteiger partial charge in [0.25, 0.3) is 0 Å². The first-order valence-corrected chi connectivity index (χ1v) is 7.63. The van der Waals surface area contributed by atoms with E-state index in [0.29, 0.717) is 0 Å². The molecule has 0 aromatic carbocycles. The van der Waals surface area contributed by atoms with Gasteiger partial charge in [-0.1, -0.05) is 13.8 Å². The second-order valence-electron chi connectivity index (χ2n) is 4.97. The van der Waals surface area contributed by atoms with E-state index >= 15 is 0 Å². The van der Waals surface area contributed by atoms with Gasteiger partial charge in [0.15, 0.2) is 0 Å². The van der Waals surface area contributed by atoms with Crippen molar-refractivity contribution in [2.24, 2.45) is 11.5 Å². The largest absolute Gasteiger partial charge is 0.330 e. The molecule has 0 aromatic rings. The van der Waals surface area contributed by atoms with Crippen LogP contribution in [0.2, 0.25) is 0 Å². The van der Waals surface area contributed by atoms with Gasteiger partial charge in [-0.05, 0) is 65.0 Å². The molecule has 4 N–H and O–H groups in total. The van der Waals surface area contributed by atoms with E-state index in [1.54, 1.807) is 0 Å². The minimum atomic E-state index is 0.784. The first kappa shape index (κ1) is 17.8. The van der Waals surface area contributed by atoms with Gasteiger partial charge in [-0.25, -0.2) is 0 Å². The van der Waals surface area contributed by atoms with E-state index in [1.807, 2.05) is 0 Å². The van der Waals surface area contributed by atoms with Crippen LogP contribution in [0, 0.1) is 0 Å². The van der Waals surface area contributed by atoms with Gasteiger partial charge in [0.2, 0.25) is 0 Å². The molecule has 0 aliphatic heterocycles. The van der Waals surface area contributed by atoms with Crippen LogP contribution in [-0.2, 0) is 0 Å². The molecule has 110 valence electrons. The topological polar surface area (TPSA) is 58.5 Å². The summed E-state index contributed by atoms with van der Waals surface area (Å²) in [6.07, 6.45) is 4.66. The summed E-state index contributed by atoms with van der Waals surface area (Å²) in [7, 11) is 0. The minimum Gasteiger partial charge on any atom is -0.330 e. The van der Waals surface area contributed by atoms with Crippen LogP contribution in [0.1, 0.15) is 39.5 Å². The zero-order valence-corrected chi connectivity index (χ0v) is 12.5. The maximum Gasteiger partial charge on any atom is 0.0109 e. The van der Waals surface area contributed by atoms with Crippen LogP contribution in [0.25, 0.3) is 0 Å². The van der Waals surface area contributed by atoms with Crippen molar-refractivity contribution < 1.29 is 0 Å². The van der Waals surface area contributed by atoms with Crippen LogP contribution < -0.4 is 11.5 Å². The van der Waals surface area contributed by atoms with Gasteiger partial charge in [0.1, 0.15) is 0 Å². The van der Waals surface area contributed by atoms with Gasteiger partial charge in [-0.2, -0.15) is 0 Å². The third-order valence-corrected chi connectivity index (χ3v) is 3.17. The zero-order valence-electron chi connectivity index (χ0n) is 12.5. The lowest BCUT2D eigenvalue weighted by Crippen LogP contribution is -2.38. The number of rotatable bonds is 13. The van der Waals surface area contributed by atoms with Gasteiger partial charge < -0.3 is 21.3 Å². The number of nitrogens with two attached hydrogens (primary N) is 2. The lowest BCUT2D eigenvalue weighted by atomic mass is 10.3. The molecule has 0 spiro atoms. The van der Waals surface area contributed by atoms with E-state index in [-0.39, 0.29) is 0 Å². The quantitative estimate of drug-likeness (QED) is 0.519. The Morgan fingerprint density at radius 2 is 1.00 bits per heavy atom. The molecule has 0 aliphatic carbocycles. The smallest absolute Gasteiger partial charge is 0.0109 e. The van der Waals surface area contributed by atoms with Crippen molar-refractivity contribution in [1.29, 1.82) is 0 Å². The van der Waals surface area contributed by atoms with Crippen molar-refractivity contribution in [2.75, 3.05) is 52.4 Å². The van der Waals surface area contributed by atoms with Crippen molar-refractivity contribution in [1.82, 2.24) is 9.80 Å². The molecular weight excluding hydrogens is 224 g/mol. The molecule has 0 fully saturated rings. The molecule has 0 unspecified atom stereocenters. The van der Waals surface area contributed by atoms with Crippen LogP contribution in [0.3, 0.4) is 0 Å². The van der Waals surface area contributed by atoms with Crippen molar-refractivity contribution in [3.63, 3.8) is 0 Å². The monoisotopic (exact) mass is 258 g/mol. The molecule has 0 aromatic heterocycles. The summed E-state index contributed by atoms with van der Waals surface area (Å²) in [5, 5.41) is 0. The summed E-state index contributed by atoms with van der Waals surface area (Å²) in [5.41, 5.74) is 11.2. The van der Waals surface area contributed by atoms with Gasteiger partial charge in [-0.3, -0.25) is 0 Å². The molecule has 0 atom stereocenters. The Morgan fingerprint density at radius 1 is 0.611 bits per heavy atom. The average Bonchev–Trinajstić information content (AvgIpc) is 2.38. The van der Waals surface area contributed by atoms with Gasteiger partial charge in [0, 0.05) is 13.1 Å². The number of hydrogen-bond donors (Lipinski definition) is 2. The molecule has 0 saturated heterocycles. The van der Waals surface area contributed by atoms with E-state index in [0.717, 1.165) is 45.6 Å². The fourth-order valence-electron chi connectivity index (χ4n) is 2.22. The van der Waals surface area contributed by atoms with Crippen LogP contribution in [0.5, 0.6) is 0 Å². The van der Waals surface area contributed by atoms with Crippen molar-refractivity contribution in [3.05, 3.63) is 0 Å². The first-order chi connectivity index (χ1) is 8.78. The highest BCUT2D eigenvalue weighted by Crippen LogP contribution is 1.98. The highest BCUT2D eigenvalue weighted by molar-refractivity contribution is 4.64. The lowest BCUT2D eigenvalue weighted by molar-refractivity contribution is 0.201. The van der Waals surface area contributed by atoms with Crippen molar-refractivity contribution >= 4 is 0 Å². The second kappa shape index (κ2) is 13.3. The SMILES string of the molecule is CCCN(CCC)CCN(CCCN)CCCN. The van der Waals surface area contributed by atoms with Crippen LogP contribution in [0.15, 0.2) is 0 Å². The van der Waals surface area contributed by atoms with Gasteiger partial charge in [0.05, 0.1) is 0 Å². The molecule has 0 bridgehead atoms.